The van der Waals surface area contributed by atoms with Crippen molar-refractivity contribution in [3.05, 3.63) is 69.8 Å². The summed E-state index contributed by atoms with van der Waals surface area (Å²) in [5, 5.41) is 24.3. The quantitative estimate of drug-likeness (QED) is 0.476. The van der Waals surface area contributed by atoms with Crippen LogP contribution in [0.15, 0.2) is 42.7 Å². The van der Waals surface area contributed by atoms with Gasteiger partial charge in [-0.15, -0.1) is 5.10 Å². The maximum atomic E-state index is 14.3. The molecule has 4 rings (SSSR count). The van der Waals surface area contributed by atoms with Gasteiger partial charge in [0, 0.05) is 23.7 Å². The molecule has 0 radical (unpaired) electrons. The molecule has 164 valence electrons. The van der Waals surface area contributed by atoms with Gasteiger partial charge in [0.15, 0.2) is 0 Å². The molecule has 2 amide bonds. The zero-order valence-corrected chi connectivity index (χ0v) is 16.9. The Hall–Kier alpha value is -4.22. The number of anilines is 1. The number of hydrogen-bond acceptors (Lipinski definition) is 7. The highest BCUT2D eigenvalue weighted by atomic mass is 19.1. The summed E-state index contributed by atoms with van der Waals surface area (Å²) in [6, 6.07) is 7.32. The fourth-order valence-electron chi connectivity index (χ4n) is 3.69. The number of rotatable bonds is 5. The minimum atomic E-state index is -0.797. The molecule has 11 nitrogen and oxygen atoms in total. The van der Waals surface area contributed by atoms with Crippen molar-refractivity contribution >= 4 is 23.2 Å². The average molecular weight is 439 g/mol. The second-order valence-corrected chi connectivity index (χ2v) is 7.32. The van der Waals surface area contributed by atoms with E-state index >= 15 is 0 Å². The van der Waals surface area contributed by atoms with Crippen molar-refractivity contribution < 1.29 is 18.9 Å². The molecule has 0 aliphatic carbocycles. The number of aryl methyl sites for hydroxylation is 1. The fraction of sp³-hybridized carbons (Fsp3) is 0.250. The number of carbonyl (C=O) groups excluding carboxylic acids is 2. The zero-order valence-electron chi connectivity index (χ0n) is 16.9. The monoisotopic (exact) mass is 439 g/mol. The van der Waals surface area contributed by atoms with E-state index in [2.05, 4.69) is 20.8 Å². The highest BCUT2D eigenvalue weighted by Crippen LogP contribution is 2.26. The van der Waals surface area contributed by atoms with Gasteiger partial charge in [-0.3, -0.25) is 19.7 Å². The molecule has 1 unspecified atom stereocenters. The number of aromatic nitrogens is 4. The first-order valence-corrected chi connectivity index (χ1v) is 9.75. The molecule has 1 fully saturated rings. The molecule has 3 aromatic rings. The summed E-state index contributed by atoms with van der Waals surface area (Å²) in [6.07, 6.45) is 2.35. The van der Waals surface area contributed by atoms with Crippen LogP contribution in [0.4, 0.5) is 15.8 Å². The lowest BCUT2D eigenvalue weighted by molar-refractivity contribution is -0.385. The van der Waals surface area contributed by atoms with Crippen LogP contribution in [-0.4, -0.2) is 54.4 Å². The van der Waals surface area contributed by atoms with Gasteiger partial charge in [0.1, 0.15) is 18.2 Å². The summed E-state index contributed by atoms with van der Waals surface area (Å²) < 4.78 is 15.6. The predicted molar refractivity (Wildman–Crippen MR) is 110 cm³/mol. The molecule has 1 aromatic heterocycles. The molecule has 0 bridgehead atoms. The van der Waals surface area contributed by atoms with Crippen LogP contribution in [0.2, 0.25) is 0 Å². The maximum Gasteiger partial charge on any atom is 0.272 e. The molecule has 2 heterocycles. The highest BCUT2D eigenvalue weighted by molar-refractivity contribution is 6.02. The van der Waals surface area contributed by atoms with Gasteiger partial charge < -0.3 is 10.2 Å². The number of likely N-dealkylation sites (tertiary alicyclic amines) is 1. The highest BCUT2D eigenvalue weighted by Gasteiger charge is 2.35. The second-order valence-electron chi connectivity index (χ2n) is 7.32. The van der Waals surface area contributed by atoms with Gasteiger partial charge in [0.25, 0.3) is 11.6 Å². The van der Waals surface area contributed by atoms with Crippen LogP contribution >= 0.6 is 0 Å². The van der Waals surface area contributed by atoms with E-state index in [1.54, 1.807) is 6.92 Å². The Morgan fingerprint density at radius 2 is 2.06 bits per heavy atom. The molecule has 1 atom stereocenters. The van der Waals surface area contributed by atoms with E-state index in [1.165, 1.54) is 52.3 Å². The average Bonchev–Trinajstić information content (AvgIpc) is 3.46. The van der Waals surface area contributed by atoms with Crippen LogP contribution < -0.4 is 5.32 Å². The van der Waals surface area contributed by atoms with E-state index in [0.717, 1.165) is 0 Å². The Kier molecular flexibility index (Phi) is 5.58. The lowest BCUT2D eigenvalue weighted by Gasteiger charge is -2.24. The maximum absolute atomic E-state index is 14.3. The Morgan fingerprint density at radius 1 is 1.25 bits per heavy atom. The zero-order chi connectivity index (χ0) is 22.8. The third kappa shape index (κ3) is 4.02. The molecule has 1 N–H and O–H groups in total. The van der Waals surface area contributed by atoms with Gasteiger partial charge >= 0.3 is 0 Å². The van der Waals surface area contributed by atoms with E-state index in [1.807, 2.05) is 0 Å². The molecule has 1 aliphatic rings. The number of benzene rings is 2. The summed E-state index contributed by atoms with van der Waals surface area (Å²) in [4.78, 5) is 37.8. The van der Waals surface area contributed by atoms with Gasteiger partial charge in [-0.05, 0) is 60.5 Å². The minimum Gasteiger partial charge on any atom is -0.327 e. The Labute approximate surface area is 181 Å². The van der Waals surface area contributed by atoms with Gasteiger partial charge in [0.2, 0.25) is 5.91 Å². The molecule has 2 aromatic carbocycles. The van der Waals surface area contributed by atoms with E-state index in [0.29, 0.717) is 30.6 Å². The summed E-state index contributed by atoms with van der Waals surface area (Å²) in [5.41, 5.74) is 0.901. The molecule has 1 aliphatic heterocycles. The number of nitrogens with one attached hydrogen (secondary N) is 1. The van der Waals surface area contributed by atoms with E-state index < -0.39 is 28.6 Å². The van der Waals surface area contributed by atoms with Crippen molar-refractivity contribution in [2.75, 3.05) is 11.9 Å². The molecule has 0 spiro atoms. The largest absolute Gasteiger partial charge is 0.327 e. The van der Waals surface area contributed by atoms with Crippen molar-refractivity contribution in [2.24, 2.45) is 0 Å². The van der Waals surface area contributed by atoms with Gasteiger partial charge in [-0.2, -0.15) is 0 Å². The Morgan fingerprint density at radius 3 is 2.75 bits per heavy atom. The van der Waals surface area contributed by atoms with Crippen molar-refractivity contribution in [3.8, 4) is 5.69 Å². The van der Waals surface area contributed by atoms with Crippen LogP contribution in [-0.2, 0) is 4.79 Å². The summed E-state index contributed by atoms with van der Waals surface area (Å²) in [7, 11) is 0. The number of hydrogen-bond donors (Lipinski definition) is 1. The van der Waals surface area contributed by atoms with Gasteiger partial charge in [-0.25, -0.2) is 9.07 Å². The first kappa shape index (κ1) is 21.0. The van der Waals surface area contributed by atoms with Crippen LogP contribution in [0.3, 0.4) is 0 Å². The van der Waals surface area contributed by atoms with Crippen molar-refractivity contribution in [3.63, 3.8) is 0 Å². The summed E-state index contributed by atoms with van der Waals surface area (Å²) in [5.74, 6) is -1.58. The second kappa shape index (κ2) is 8.49. The normalized spacial score (nSPS) is 15.6. The molecule has 0 saturated carbocycles. The van der Waals surface area contributed by atoms with Gasteiger partial charge in [-0.1, -0.05) is 0 Å². The van der Waals surface area contributed by atoms with E-state index in [-0.39, 0.29) is 16.9 Å². The van der Waals surface area contributed by atoms with Crippen LogP contribution in [0.25, 0.3) is 5.69 Å². The number of nitro groups is 1. The summed E-state index contributed by atoms with van der Waals surface area (Å²) in [6.45, 7) is 1.89. The molecule has 32 heavy (non-hydrogen) atoms. The first-order chi connectivity index (χ1) is 15.3. The number of amides is 2. The molecule has 12 heteroatoms. The molecule has 1 saturated heterocycles. The van der Waals surface area contributed by atoms with Gasteiger partial charge in [0.05, 0.1) is 16.3 Å². The number of nitrogens with zero attached hydrogens (tertiary/aromatic N) is 6. The van der Waals surface area contributed by atoms with Crippen LogP contribution in [0.5, 0.6) is 0 Å². The van der Waals surface area contributed by atoms with Crippen LogP contribution in [0, 0.1) is 22.9 Å². The summed E-state index contributed by atoms with van der Waals surface area (Å²) >= 11 is 0. The number of halogens is 1. The number of carbonyl (C=O) groups is 2. The standard InChI is InChI=1S/C20H18FN7O4/c1-12-9-13(4-7-17(12)28(31)32)20(30)26-8-2-3-18(26)19(29)23-16-10-14(5-6-15(16)21)27-11-22-24-25-27/h4-7,9-11,18H,2-3,8H2,1H3,(H,23,29). The van der Waals surface area contributed by atoms with E-state index in [9.17, 15) is 24.1 Å². The Bertz CT molecular complexity index is 1200. The van der Waals surface area contributed by atoms with Crippen LogP contribution in [0.1, 0.15) is 28.8 Å². The van der Waals surface area contributed by atoms with Crippen molar-refractivity contribution in [1.82, 2.24) is 25.1 Å². The third-order valence-electron chi connectivity index (χ3n) is 5.28. The predicted octanol–water partition coefficient (Wildman–Crippen LogP) is 2.26. The van der Waals surface area contributed by atoms with Crippen molar-refractivity contribution in [1.29, 1.82) is 0 Å². The smallest absolute Gasteiger partial charge is 0.272 e. The third-order valence-corrected chi connectivity index (χ3v) is 5.28. The van der Waals surface area contributed by atoms with E-state index in [4.69, 9.17) is 0 Å². The van der Waals surface area contributed by atoms with Crippen molar-refractivity contribution in [2.45, 2.75) is 25.8 Å². The molecular formula is C20H18FN7O4. The number of nitro benzene ring substituents is 1. The Balaban J connectivity index is 1.53. The lowest BCUT2D eigenvalue weighted by Crippen LogP contribution is -2.43. The molecular weight excluding hydrogens is 421 g/mol. The number of tetrazole rings is 1. The lowest BCUT2D eigenvalue weighted by atomic mass is 10.1. The fourth-order valence-corrected chi connectivity index (χ4v) is 3.69. The topological polar surface area (TPSA) is 136 Å². The SMILES string of the molecule is Cc1cc(C(=O)N2CCCC2C(=O)Nc2cc(-n3cnnn3)ccc2F)ccc1[N+](=O)[O-]. The first-order valence-electron chi connectivity index (χ1n) is 9.75. The minimum absolute atomic E-state index is 0.0616.